The Morgan fingerprint density at radius 1 is 1.39 bits per heavy atom. The average molecular weight is 247 g/mol. The van der Waals surface area contributed by atoms with E-state index < -0.39 is 0 Å². The monoisotopic (exact) mass is 247 g/mol. The van der Waals surface area contributed by atoms with Crippen molar-refractivity contribution in [2.75, 3.05) is 18.0 Å². The van der Waals surface area contributed by atoms with Gasteiger partial charge in [0.25, 0.3) is 0 Å². The number of pyridine rings is 1. The molecular formula is C14H18FN3. The molecule has 0 aromatic carbocycles. The highest BCUT2D eigenvalue weighted by molar-refractivity contribution is 5.44. The van der Waals surface area contributed by atoms with Crippen molar-refractivity contribution in [2.24, 2.45) is 0 Å². The lowest BCUT2D eigenvalue weighted by molar-refractivity contribution is 0.575. The first-order chi connectivity index (χ1) is 8.84. The smallest absolute Gasteiger partial charge is 0.170 e. The normalized spacial score (nSPS) is 19.3. The van der Waals surface area contributed by atoms with Gasteiger partial charge in [-0.3, -0.25) is 0 Å². The number of hydrogen-bond acceptors (Lipinski definition) is 3. The van der Waals surface area contributed by atoms with Crippen LogP contribution in [0, 0.1) is 5.82 Å². The van der Waals surface area contributed by atoms with Crippen LogP contribution < -0.4 is 10.2 Å². The summed E-state index contributed by atoms with van der Waals surface area (Å²) in [5.74, 6) is 0.329. The molecule has 1 saturated carbocycles. The van der Waals surface area contributed by atoms with Gasteiger partial charge in [0, 0.05) is 37.4 Å². The van der Waals surface area contributed by atoms with Crippen LogP contribution in [0.5, 0.6) is 0 Å². The maximum Gasteiger partial charge on any atom is 0.170 e. The molecule has 3 nitrogen and oxygen atoms in total. The Balaban J connectivity index is 1.76. The Kier molecular flexibility index (Phi) is 3.28. The zero-order valence-corrected chi connectivity index (χ0v) is 10.4. The van der Waals surface area contributed by atoms with Crippen LogP contribution in [0.4, 0.5) is 10.2 Å². The van der Waals surface area contributed by atoms with Gasteiger partial charge in [-0.25, -0.2) is 9.37 Å². The van der Waals surface area contributed by atoms with Crippen molar-refractivity contribution in [3.63, 3.8) is 0 Å². The van der Waals surface area contributed by atoms with Crippen LogP contribution in [0.3, 0.4) is 0 Å². The van der Waals surface area contributed by atoms with Gasteiger partial charge in [-0.05, 0) is 25.3 Å². The Bertz CT molecular complexity index is 454. The van der Waals surface area contributed by atoms with E-state index in [-0.39, 0.29) is 5.82 Å². The van der Waals surface area contributed by atoms with E-state index in [2.05, 4.69) is 22.5 Å². The lowest BCUT2D eigenvalue weighted by atomic mass is 10.2. The largest absolute Gasteiger partial charge is 0.350 e. The molecule has 18 heavy (non-hydrogen) atoms. The first-order valence-electron chi connectivity index (χ1n) is 6.61. The molecular weight excluding hydrogens is 229 g/mol. The van der Waals surface area contributed by atoms with E-state index in [0.717, 1.165) is 25.1 Å². The lowest BCUT2D eigenvalue weighted by Gasteiger charge is -2.25. The summed E-state index contributed by atoms with van der Waals surface area (Å²) in [6, 6.07) is 2.37. The minimum Gasteiger partial charge on any atom is -0.350 e. The molecule has 1 fully saturated rings. The van der Waals surface area contributed by atoms with E-state index in [9.17, 15) is 4.39 Å². The second-order valence-corrected chi connectivity index (χ2v) is 4.97. The summed E-state index contributed by atoms with van der Waals surface area (Å²) < 4.78 is 14.4. The van der Waals surface area contributed by atoms with Crippen LogP contribution in [0.1, 0.15) is 24.8 Å². The minimum atomic E-state index is -0.166. The third-order valence-electron chi connectivity index (χ3n) is 3.47. The van der Waals surface area contributed by atoms with Crippen molar-refractivity contribution >= 4 is 5.82 Å². The highest BCUT2D eigenvalue weighted by Crippen LogP contribution is 2.23. The van der Waals surface area contributed by atoms with Crippen LogP contribution >= 0.6 is 0 Å². The van der Waals surface area contributed by atoms with Gasteiger partial charge in [0.1, 0.15) is 0 Å². The van der Waals surface area contributed by atoms with Gasteiger partial charge >= 0.3 is 0 Å². The van der Waals surface area contributed by atoms with Crippen molar-refractivity contribution in [3.8, 4) is 0 Å². The zero-order valence-electron chi connectivity index (χ0n) is 10.4. The van der Waals surface area contributed by atoms with E-state index in [0.29, 0.717) is 18.4 Å². The maximum absolute atomic E-state index is 14.4. The highest BCUT2D eigenvalue weighted by Gasteiger charge is 2.22. The molecule has 1 aromatic rings. The van der Waals surface area contributed by atoms with Crippen LogP contribution in [0.25, 0.3) is 0 Å². The fraction of sp³-hybridized carbons (Fsp3) is 0.500. The Hall–Kier alpha value is -1.42. The molecule has 0 atom stereocenters. The first-order valence-corrected chi connectivity index (χ1v) is 6.61. The average Bonchev–Trinajstić information content (AvgIpc) is 3.23. The third kappa shape index (κ3) is 2.53. The minimum absolute atomic E-state index is 0.166. The standard InChI is InChI=1S/C14H18FN3/c15-13-11(10-17-12-4-5-12)6-7-16-14(13)18-8-2-1-3-9-18/h1-2,6-7,12,17H,3-5,8-10H2. The summed E-state index contributed by atoms with van der Waals surface area (Å²) in [5.41, 5.74) is 0.724. The number of anilines is 1. The molecule has 1 N–H and O–H groups in total. The van der Waals surface area contributed by atoms with E-state index in [1.807, 2.05) is 4.90 Å². The predicted molar refractivity (Wildman–Crippen MR) is 70.0 cm³/mol. The van der Waals surface area contributed by atoms with Gasteiger partial charge in [-0.2, -0.15) is 0 Å². The number of aromatic nitrogens is 1. The molecule has 3 rings (SSSR count). The maximum atomic E-state index is 14.4. The number of rotatable bonds is 4. The van der Waals surface area contributed by atoms with Crippen molar-refractivity contribution in [3.05, 3.63) is 35.8 Å². The van der Waals surface area contributed by atoms with E-state index in [1.165, 1.54) is 12.8 Å². The second-order valence-electron chi connectivity index (χ2n) is 4.97. The van der Waals surface area contributed by atoms with E-state index in [4.69, 9.17) is 0 Å². The van der Waals surface area contributed by atoms with Gasteiger partial charge in [-0.15, -0.1) is 0 Å². The topological polar surface area (TPSA) is 28.2 Å². The van der Waals surface area contributed by atoms with Crippen molar-refractivity contribution < 1.29 is 4.39 Å². The summed E-state index contributed by atoms with van der Waals surface area (Å²) in [5, 5.41) is 3.34. The molecule has 2 aliphatic rings. The lowest BCUT2D eigenvalue weighted by Crippen LogP contribution is -2.29. The molecule has 0 spiro atoms. The molecule has 0 radical (unpaired) electrons. The number of nitrogens with zero attached hydrogens (tertiary/aromatic N) is 2. The molecule has 0 amide bonds. The quantitative estimate of drug-likeness (QED) is 0.827. The highest BCUT2D eigenvalue weighted by atomic mass is 19.1. The Labute approximate surface area is 107 Å². The number of nitrogens with one attached hydrogen (secondary N) is 1. The van der Waals surface area contributed by atoms with E-state index >= 15 is 0 Å². The van der Waals surface area contributed by atoms with E-state index in [1.54, 1.807) is 12.3 Å². The van der Waals surface area contributed by atoms with Crippen molar-refractivity contribution in [1.29, 1.82) is 0 Å². The molecule has 0 bridgehead atoms. The Morgan fingerprint density at radius 2 is 2.28 bits per heavy atom. The molecule has 2 heterocycles. The molecule has 4 heteroatoms. The Morgan fingerprint density at radius 3 is 3.00 bits per heavy atom. The fourth-order valence-electron chi connectivity index (χ4n) is 2.20. The van der Waals surface area contributed by atoms with Crippen molar-refractivity contribution in [2.45, 2.75) is 31.8 Å². The summed E-state index contributed by atoms with van der Waals surface area (Å²) in [6.07, 6.45) is 9.31. The van der Waals surface area contributed by atoms with Gasteiger partial charge in [0.2, 0.25) is 0 Å². The molecule has 96 valence electrons. The predicted octanol–water partition coefficient (Wildman–Crippen LogP) is 2.24. The van der Waals surface area contributed by atoms with Gasteiger partial charge in [0.05, 0.1) is 0 Å². The van der Waals surface area contributed by atoms with Gasteiger partial charge in [-0.1, -0.05) is 12.2 Å². The first kappa shape index (κ1) is 11.7. The number of halogens is 1. The summed E-state index contributed by atoms with van der Waals surface area (Å²) in [7, 11) is 0. The zero-order chi connectivity index (χ0) is 12.4. The summed E-state index contributed by atoms with van der Waals surface area (Å²) in [6.45, 7) is 2.21. The molecule has 1 aromatic heterocycles. The molecule has 1 aliphatic heterocycles. The van der Waals surface area contributed by atoms with Crippen LogP contribution in [0.2, 0.25) is 0 Å². The molecule has 0 saturated heterocycles. The summed E-state index contributed by atoms with van der Waals surface area (Å²) in [4.78, 5) is 6.19. The molecule has 0 unspecified atom stereocenters. The van der Waals surface area contributed by atoms with Crippen LogP contribution in [0.15, 0.2) is 24.4 Å². The SMILES string of the molecule is Fc1c(CNC2CC2)ccnc1N1CC=CCC1. The second kappa shape index (κ2) is 5.06. The van der Waals surface area contributed by atoms with Crippen molar-refractivity contribution in [1.82, 2.24) is 10.3 Å². The molecule has 1 aliphatic carbocycles. The number of hydrogen-bond donors (Lipinski definition) is 1. The van der Waals surface area contributed by atoms with Gasteiger partial charge < -0.3 is 10.2 Å². The van der Waals surface area contributed by atoms with Gasteiger partial charge in [0.15, 0.2) is 11.6 Å². The van der Waals surface area contributed by atoms with Crippen LogP contribution in [-0.4, -0.2) is 24.1 Å². The third-order valence-corrected chi connectivity index (χ3v) is 3.47. The van der Waals surface area contributed by atoms with Crippen LogP contribution in [-0.2, 0) is 6.54 Å². The summed E-state index contributed by atoms with van der Waals surface area (Å²) >= 11 is 0. The fourth-order valence-corrected chi connectivity index (χ4v) is 2.20.